The van der Waals surface area contributed by atoms with Crippen LogP contribution < -0.4 is 10.1 Å². The average Bonchev–Trinajstić information content (AvgIpc) is 2.73. The Kier molecular flexibility index (Phi) is 4.91. The van der Waals surface area contributed by atoms with E-state index in [4.69, 9.17) is 16.3 Å². The van der Waals surface area contributed by atoms with Crippen molar-refractivity contribution >= 4 is 34.1 Å². The van der Waals surface area contributed by atoms with Gasteiger partial charge in [-0.05, 0) is 42.5 Å². The molecule has 1 N–H and O–H groups in total. The maximum absolute atomic E-state index is 13.0. The first kappa shape index (κ1) is 17.9. The highest BCUT2D eigenvalue weighted by Crippen LogP contribution is 2.28. The van der Waals surface area contributed by atoms with Gasteiger partial charge in [-0.2, -0.15) is 0 Å². The van der Waals surface area contributed by atoms with Crippen LogP contribution in [0.2, 0.25) is 5.02 Å². The van der Waals surface area contributed by atoms with E-state index in [0.29, 0.717) is 33.4 Å². The van der Waals surface area contributed by atoms with Gasteiger partial charge in [0.15, 0.2) is 0 Å². The van der Waals surface area contributed by atoms with Gasteiger partial charge in [-0.1, -0.05) is 35.9 Å². The predicted molar refractivity (Wildman–Crippen MR) is 111 cm³/mol. The second-order valence-electron chi connectivity index (χ2n) is 6.09. The van der Waals surface area contributed by atoms with Crippen molar-refractivity contribution in [2.24, 2.45) is 0 Å². The Hall–Kier alpha value is -3.44. The van der Waals surface area contributed by atoms with E-state index in [-0.39, 0.29) is 5.91 Å². The number of nitrogens with one attached hydrogen (secondary N) is 1. The minimum atomic E-state index is -0.253. The Balaban J connectivity index is 1.76. The van der Waals surface area contributed by atoms with Crippen LogP contribution >= 0.6 is 11.6 Å². The van der Waals surface area contributed by atoms with Gasteiger partial charge in [0.1, 0.15) is 5.75 Å². The molecule has 0 saturated heterocycles. The van der Waals surface area contributed by atoms with E-state index in [0.717, 1.165) is 10.9 Å². The Morgan fingerprint density at radius 2 is 1.82 bits per heavy atom. The summed E-state index contributed by atoms with van der Waals surface area (Å²) in [5, 5.41) is 4.08. The van der Waals surface area contributed by atoms with Crippen LogP contribution in [-0.2, 0) is 0 Å². The number of methoxy groups -OCH3 is 1. The van der Waals surface area contributed by atoms with Crippen LogP contribution in [0.15, 0.2) is 72.9 Å². The number of hydrogen-bond donors (Lipinski definition) is 1. The van der Waals surface area contributed by atoms with Crippen molar-refractivity contribution in [1.82, 2.24) is 9.97 Å². The van der Waals surface area contributed by atoms with Gasteiger partial charge in [0.05, 0.1) is 34.6 Å². The molecule has 6 heteroatoms. The topological polar surface area (TPSA) is 64.1 Å². The van der Waals surface area contributed by atoms with E-state index < -0.39 is 0 Å². The maximum Gasteiger partial charge on any atom is 0.256 e. The second kappa shape index (κ2) is 7.66. The van der Waals surface area contributed by atoms with Crippen LogP contribution in [0.4, 0.5) is 5.69 Å². The lowest BCUT2D eigenvalue weighted by Crippen LogP contribution is -2.13. The van der Waals surface area contributed by atoms with Crippen molar-refractivity contribution in [3.8, 4) is 17.1 Å². The molecule has 2 heterocycles. The summed E-state index contributed by atoms with van der Waals surface area (Å²) in [6.45, 7) is 0. The number of rotatable bonds is 4. The van der Waals surface area contributed by atoms with Crippen LogP contribution in [0, 0.1) is 0 Å². The van der Waals surface area contributed by atoms with Crippen LogP contribution in [0.5, 0.6) is 5.75 Å². The number of para-hydroxylation sites is 1. The monoisotopic (exact) mass is 389 g/mol. The van der Waals surface area contributed by atoms with Crippen molar-refractivity contribution in [2.75, 3.05) is 12.4 Å². The van der Waals surface area contributed by atoms with Gasteiger partial charge in [0, 0.05) is 17.3 Å². The summed E-state index contributed by atoms with van der Waals surface area (Å²) in [6, 6.07) is 20.0. The highest BCUT2D eigenvalue weighted by atomic mass is 35.5. The fourth-order valence-electron chi connectivity index (χ4n) is 2.95. The molecule has 0 fully saturated rings. The lowest BCUT2D eigenvalue weighted by atomic mass is 10.1. The van der Waals surface area contributed by atoms with Crippen LogP contribution in [-0.4, -0.2) is 23.0 Å². The highest BCUT2D eigenvalue weighted by molar-refractivity contribution is 6.32. The molecular weight excluding hydrogens is 374 g/mol. The van der Waals surface area contributed by atoms with E-state index in [2.05, 4.69) is 15.3 Å². The van der Waals surface area contributed by atoms with Gasteiger partial charge in [-0.3, -0.25) is 9.78 Å². The molecule has 138 valence electrons. The zero-order valence-corrected chi connectivity index (χ0v) is 15.8. The number of carbonyl (C=O) groups excluding carboxylic acids is 1. The number of aromatic nitrogens is 2. The van der Waals surface area contributed by atoms with Crippen molar-refractivity contribution in [3.63, 3.8) is 0 Å². The number of ether oxygens (including phenoxy) is 1. The number of pyridine rings is 2. The van der Waals surface area contributed by atoms with Crippen LogP contribution in [0.25, 0.3) is 22.3 Å². The molecule has 0 atom stereocenters. The number of halogens is 1. The highest BCUT2D eigenvalue weighted by Gasteiger charge is 2.15. The quantitative estimate of drug-likeness (QED) is 0.520. The molecule has 0 radical (unpaired) electrons. The van der Waals surface area contributed by atoms with E-state index in [1.807, 2.05) is 42.5 Å². The maximum atomic E-state index is 13.0. The number of carbonyl (C=O) groups is 1. The van der Waals surface area contributed by atoms with Gasteiger partial charge < -0.3 is 10.1 Å². The molecule has 0 unspecified atom stereocenters. The normalized spacial score (nSPS) is 10.6. The number of fused-ring (bicyclic) bond motifs is 1. The summed E-state index contributed by atoms with van der Waals surface area (Å²) in [4.78, 5) is 22.0. The fraction of sp³-hybridized carbons (Fsp3) is 0.0455. The molecule has 0 spiro atoms. The molecule has 4 aromatic rings. The Labute approximate surface area is 167 Å². The Morgan fingerprint density at radius 1 is 1.00 bits per heavy atom. The largest absolute Gasteiger partial charge is 0.495 e. The van der Waals surface area contributed by atoms with E-state index in [1.165, 1.54) is 0 Å². The number of hydrogen-bond acceptors (Lipinski definition) is 4. The first-order valence-electron chi connectivity index (χ1n) is 8.62. The van der Waals surface area contributed by atoms with Crippen LogP contribution in [0.1, 0.15) is 10.4 Å². The molecule has 2 aromatic carbocycles. The molecule has 0 aliphatic carbocycles. The minimum Gasteiger partial charge on any atom is -0.495 e. The number of anilines is 1. The van der Waals surface area contributed by atoms with Crippen LogP contribution in [0.3, 0.4) is 0 Å². The molecule has 2 aromatic heterocycles. The zero-order chi connectivity index (χ0) is 19.5. The molecule has 0 aliphatic heterocycles. The first-order chi connectivity index (χ1) is 13.7. The predicted octanol–water partition coefficient (Wildman–Crippen LogP) is 5.21. The summed E-state index contributed by atoms with van der Waals surface area (Å²) >= 11 is 6.16. The fourth-order valence-corrected chi connectivity index (χ4v) is 3.21. The van der Waals surface area contributed by atoms with Gasteiger partial charge in [0.2, 0.25) is 0 Å². The van der Waals surface area contributed by atoms with Gasteiger partial charge in [-0.15, -0.1) is 0 Å². The summed E-state index contributed by atoms with van der Waals surface area (Å²) in [6.07, 6.45) is 1.70. The van der Waals surface area contributed by atoms with Crippen molar-refractivity contribution in [3.05, 3.63) is 83.5 Å². The molecule has 1 amide bonds. The SMILES string of the molecule is COc1ccc(NC(=O)c2cc(-c3ccccn3)nc3ccccc23)cc1Cl. The zero-order valence-electron chi connectivity index (χ0n) is 15.0. The van der Waals surface area contributed by atoms with E-state index >= 15 is 0 Å². The summed E-state index contributed by atoms with van der Waals surface area (Å²) in [5.41, 5.74) is 3.16. The van der Waals surface area contributed by atoms with E-state index in [1.54, 1.807) is 37.6 Å². The number of benzene rings is 2. The molecular formula is C22H16ClN3O2. The van der Waals surface area contributed by atoms with Crippen molar-refractivity contribution < 1.29 is 9.53 Å². The van der Waals surface area contributed by atoms with Gasteiger partial charge in [-0.25, -0.2) is 4.98 Å². The third kappa shape index (κ3) is 3.52. The number of nitrogens with zero attached hydrogens (tertiary/aromatic N) is 2. The third-order valence-corrected chi connectivity index (χ3v) is 4.59. The second-order valence-corrected chi connectivity index (χ2v) is 6.50. The summed E-state index contributed by atoms with van der Waals surface area (Å²) in [5.74, 6) is 0.295. The lowest BCUT2D eigenvalue weighted by Gasteiger charge is -2.11. The summed E-state index contributed by atoms with van der Waals surface area (Å²) < 4.78 is 5.15. The van der Waals surface area contributed by atoms with Crippen molar-refractivity contribution in [1.29, 1.82) is 0 Å². The third-order valence-electron chi connectivity index (χ3n) is 4.30. The molecule has 0 aliphatic rings. The lowest BCUT2D eigenvalue weighted by molar-refractivity contribution is 0.102. The summed E-state index contributed by atoms with van der Waals surface area (Å²) in [7, 11) is 1.54. The standard InChI is InChI=1S/C22H16ClN3O2/c1-28-21-10-9-14(12-17(21)23)25-22(27)16-13-20(19-8-4-5-11-24-19)26-18-7-3-2-6-15(16)18/h2-13H,1H3,(H,25,27). The Morgan fingerprint density at radius 3 is 2.57 bits per heavy atom. The van der Waals surface area contributed by atoms with Gasteiger partial charge in [0.25, 0.3) is 5.91 Å². The van der Waals surface area contributed by atoms with E-state index in [9.17, 15) is 4.79 Å². The smallest absolute Gasteiger partial charge is 0.256 e. The molecule has 5 nitrogen and oxygen atoms in total. The average molecular weight is 390 g/mol. The Bertz CT molecular complexity index is 1160. The van der Waals surface area contributed by atoms with Gasteiger partial charge >= 0.3 is 0 Å². The molecule has 28 heavy (non-hydrogen) atoms. The molecule has 0 bridgehead atoms. The molecule has 0 saturated carbocycles. The number of amides is 1. The first-order valence-corrected chi connectivity index (χ1v) is 8.99. The molecule has 4 rings (SSSR count). The minimum absolute atomic E-state index is 0.253. The van der Waals surface area contributed by atoms with Crippen molar-refractivity contribution in [2.45, 2.75) is 0 Å².